The highest BCUT2D eigenvalue weighted by molar-refractivity contribution is 6.30. The SMILES string of the molecule is N=C(N)c1ccc(NC(C(=O)O)c2cc(Cl)cc(CCc3ccccc3)c2OCCO)cc1. The maximum Gasteiger partial charge on any atom is 0.330 e. The molecular weight excluding hydrogens is 442 g/mol. The smallest absolute Gasteiger partial charge is 0.330 e. The van der Waals surface area contributed by atoms with Crippen LogP contribution in [0, 0.1) is 5.41 Å². The molecule has 0 spiro atoms. The van der Waals surface area contributed by atoms with E-state index in [1.165, 1.54) is 0 Å². The average molecular weight is 468 g/mol. The minimum atomic E-state index is -1.16. The van der Waals surface area contributed by atoms with Crippen molar-refractivity contribution in [3.05, 3.63) is 94.0 Å². The number of ether oxygens (including phenoxy) is 1. The van der Waals surface area contributed by atoms with Gasteiger partial charge in [-0.3, -0.25) is 5.41 Å². The van der Waals surface area contributed by atoms with Crippen molar-refractivity contribution in [3.8, 4) is 5.75 Å². The molecule has 6 N–H and O–H groups in total. The number of hydrogen-bond donors (Lipinski definition) is 5. The van der Waals surface area contributed by atoms with Gasteiger partial charge in [-0.2, -0.15) is 0 Å². The first kappa shape index (κ1) is 24.1. The van der Waals surface area contributed by atoms with Gasteiger partial charge in [0.25, 0.3) is 0 Å². The van der Waals surface area contributed by atoms with Crippen LogP contribution in [-0.4, -0.2) is 35.2 Å². The summed E-state index contributed by atoms with van der Waals surface area (Å²) in [5.74, 6) is -0.797. The molecule has 3 rings (SSSR count). The van der Waals surface area contributed by atoms with Crippen molar-refractivity contribution < 1.29 is 19.7 Å². The molecule has 8 heteroatoms. The number of benzene rings is 3. The summed E-state index contributed by atoms with van der Waals surface area (Å²) >= 11 is 6.38. The molecule has 0 aliphatic heterocycles. The first-order valence-corrected chi connectivity index (χ1v) is 10.8. The van der Waals surface area contributed by atoms with E-state index >= 15 is 0 Å². The highest BCUT2D eigenvalue weighted by Gasteiger charge is 2.26. The number of rotatable bonds is 11. The van der Waals surface area contributed by atoms with Crippen LogP contribution in [-0.2, 0) is 17.6 Å². The molecule has 0 saturated carbocycles. The molecule has 0 heterocycles. The molecule has 0 aromatic heterocycles. The molecule has 33 heavy (non-hydrogen) atoms. The van der Waals surface area contributed by atoms with Gasteiger partial charge in [-0.15, -0.1) is 0 Å². The molecule has 0 aliphatic rings. The Kier molecular flexibility index (Phi) is 8.29. The summed E-state index contributed by atoms with van der Waals surface area (Å²) in [4.78, 5) is 12.2. The fourth-order valence-electron chi connectivity index (χ4n) is 3.51. The van der Waals surface area contributed by atoms with E-state index in [9.17, 15) is 15.0 Å². The topological polar surface area (TPSA) is 129 Å². The standard InChI is InChI=1S/C25H26ClN3O4/c26-19-14-18(7-6-16-4-2-1-3-5-16)23(33-13-12-30)21(15-19)22(25(31)32)29-20-10-8-17(9-11-20)24(27)28/h1-5,8-11,14-15,22,29-30H,6-7,12-13H2,(H3,27,28)(H,31,32). The quantitative estimate of drug-likeness (QED) is 0.214. The van der Waals surface area contributed by atoms with E-state index in [0.717, 1.165) is 11.1 Å². The van der Waals surface area contributed by atoms with Crippen molar-refractivity contribution in [2.75, 3.05) is 18.5 Å². The van der Waals surface area contributed by atoms with Crippen LogP contribution < -0.4 is 15.8 Å². The molecule has 3 aromatic carbocycles. The lowest BCUT2D eigenvalue weighted by Crippen LogP contribution is -2.22. The fourth-order valence-corrected chi connectivity index (χ4v) is 3.76. The molecule has 0 bridgehead atoms. The molecule has 0 radical (unpaired) electrons. The number of nitrogens with one attached hydrogen (secondary N) is 2. The highest BCUT2D eigenvalue weighted by Crippen LogP contribution is 2.35. The van der Waals surface area contributed by atoms with Crippen LogP contribution in [0.5, 0.6) is 5.75 Å². The van der Waals surface area contributed by atoms with Crippen molar-refractivity contribution in [2.45, 2.75) is 18.9 Å². The lowest BCUT2D eigenvalue weighted by molar-refractivity contribution is -0.138. The molecule has 3 aromatic rings. The molecule has 0 amide bonds. The second-order valence-corrected chi connectivity index (χ2v) is 7.88. The molecule has 1 unspecified atom stereocenters. The molecule has 0 fully saturated rings. The number of aryl methyl sites for hydroxylation is 2. The minimum absolute atomic E-state index is 0.0205. The number of anilines is 1. The first-order chi connectivity index (χ1) is 15.9. The zero-order valence-corrected chi connectivity index (χ0v) is 18.7. The number of halogens is 1. The lowest BCUT2D eigenvalue weighted by atomic mass is 9.97. The Balaban J connectivity index is 1.96. The Morgan fingerprint density at radius 1 is 1.09 bits per heavy atom. The number of aliphatic hydroxyl groups excluding tert-OH is 1. The Morgan fingerprint density at radius 2 is 1.79 bits per heavy atom. The van der Waals surface area contributed by atoms with Crippen molar-refractivity contribution in [1.29, 1.82) is 5.41 Å². The van der Waals surface area contributed by atoms with E-state index in [0.29, 0.717) is 40.4 Å². The third-order valence-corrected chi connectivity index (χ3v) is 5.31. The van der Waals surface area contributed by atoms with Crippen molar-refractivity contribution in [2.24, 2.45) is 5.73 Å². The van der Waals surface area contributed by atoms with Crippen molar-refractivity contribution in [1.82, 2.24) is 0 Å². The zero-order chi connectivity index (χ0) is 23.8. The van der Waals surface area contributed by atoms with E-state index in [1.54, 1.807) is 36.4 Å². The Bertz CT molecular complexity index is 1100. The van der Waals surface area contributed by atoms with Crippen LogP contribution in [0.2, 0.25) is 5.02 Å². The average Bonchev–Trinajstić information content (AvgIpc) is 2.81. The summed E-state index contributed by atoms with van der Waals surface area (Å²) in [6.07, 6.45) is 1.30. The van der Waals surface area contributed by atoms with Gasteiger partial charge >= 0.3 is 5.97 Å². The minimum Gasteiger partial charge on any atom is -0.491 e. The molecular formula is C25H26ClN3O4. The third kappa shape index (κ3) is 6.47. The number of aliphatic hydroxyl groups is 1. The van der Waals surface area contributed by atoms with Gasteiger partial charge in [0.05, 0.1) is 6.61 Å². The van der Waals surface area contributed by atoms with Gasteiger partial charge in [0.15, 0.2) is 6.04 Å². The Morgan fingerprint density at radius 3 is 2.39 bits per heavy atom. The van der Waals surface area contributed by atoms with Gasteiger partial charge in [0, 0.05) is 21.8 Å². The van der Waals surface area contributed by atoms with E-state index in [1.807, 2.05) is 30.3 Å². The molecule has 1 atom stereocenters. The monoisotopic (exact) mass is 467 g/mol. The number of hydrogen-bond acceptors (Lipinski definition) is 5. The highest BCUT2D eigenvalue weighted by atomic mass is 35.5. The number of carboxylic acid groups (broad SMARTS) is 1. The Hall–Kier alpha value is -3.55. The first-order valence-electron chi connectivity index (χ1n) is 10.4. The van der Waals surface area contributed by atoms with Gasteiger partial charge < -0.3 is 26.0 Å². The van der Waals surface area contributed by atoms with Crippen LogP contribution in [0.4, 0.5) is 5.69 Å². The predicted molar refractivity (Wildman–Crippen MR) is 129 cm³/mol. The number of nitrogens with two attached hydrogens (primary N) is 1. The molecule has 172 valence electrons. The second-order valence-electron chi connectivity index (χ2n) is 7.45. The second kappa shape index (κ2) is 11.4. The van der Waals surface area contributed by atoms with Crippen LogP contribution in [0.25, 0.3) is 0 Å². The maximum atomic E-state index is 12.2. The Labute approximate surface area is 197 Å². The zero-order valence-electron chi connectivity index (χ0n) is 17.9. The van der Waals surface area contributed by atoms with Gasteiger partial charge in [-0.1, -0.05) is 41.9 Å². The van der Waals surface area contributed by atoms with Crippen LogP contribution in [0.1, 0.15) is 28.3 Å². The summed E-state index contributed by atoms with van der Waals surface area (Å²) in [7, 11) is 0. The van der Waals surface area contributed by atoms with E-state index in [4.69, 9.17) is 27.5 Å². The molecule has 7 nitrogen and oxygen atoms in total. The van der Waals surface area contributed by atoms with Crippen LogP contribution >= 0.6 is 11.6 Å². The van der Waals surface area contributed by atoms with Crippen LogP contribution in [0.3, 0.4) is 0 Å². The summed E-state index contributed by atoms with van der Waals surface area (Å²) < 4.78 is 5.82. The number of carboxylic acids is 1. The fraction of sp³-hybridized carbons (Fsp3) is 0.200. The summed E-state index contributed by atoms with van der Waals surface area (Å²) in [5, 5.41) is 30.2. The number of amidine groups is 1. The number of aliphatic carboxylic acids is 1. The normalized spacial score (nSPS) is 11.6. The van der Waals surface area contributed by atoms with E-state index < -0.39 is 12.0 Å². The van der Waals surface area contributed by atoms with E-state index in [2.05, 4.69) is 5.32 Å². The van der Waals surface area contributed by atoms with Crippen LogP contribution in [0.15, 0.2) is 66.7 Å². The largest absolute Gasteiger partial charge is 0.491 e. The maximum absolute atomic E-state index is 12.2. The van der Waals surface area contributed by atoms with Gasteiger partial charge in [-0.25, -0.2) is 4.79 Å². The summed E-state index contributed by atoms with van der Waals surface area (Å²) in [6.45, 7) is -0.190. The number of carbonyl (C=O) groups is 1. The van der Waals surface area contributed by atoms with Gasteiger partial charge in [-0.05, 0) is 60.4 Å². The van der Waals surface area contributed by atoms with Gasteiger partial charge in [0.2, 0.25) is 0 Å². The van der Waals surface area contributed by atoms with Crippen molar-refractivity contribution >= 4 is 29.1 Å². The number of nitrogen functional groups attached to an aromatic ring is 1. The summed E-state index contributed by atoms with van der Waals surface area (Å²) in [6, 6.07) is 18.7. The van der Waals surface area contributed by atoms with Gasteiger partial charge in [0.1, 0.15) is 18.2 Å². The summed E-state index contributed by atoms with van der Waals surface area (Å²) in [5.41, 5.74) is 8.81. The molecule has 0 aliphatic carbocycles. The predicted octanol–water partition coefficient (Wildman–Crippen LogP) is 4.02. The third-order valence-electron chi connectivity index (χ3n) is 5.09. The lowest BCUT2D eigenvalue weighted by Gasteiger charge is -2.22. The van der Waals surface area contributed by atoms with E-state index in [-0.39, 0.29) is 19.0 Å². The van der Waals surface area contributed by atoms with Crippen molar-refractivity contribution in [3.63, 3.8) is 0 Å². The molecule has 0 saturated heterocycles.